The third-order valence-corrected chi connectivity index (χ3v) is 2.89. The standard InChI is InChI=1S/C17H24O4/c1-4-6-13(3)21-16-12-15(20-11-5-2)9-7-14(16)8-10-17(18)19/h7-10,12-13H,4-6,11H2,1-3H3,(H,18,19)/b10-8+. The van der Waals surface area contributed by atoms with Gasteiger partial charge in [-0.25, -0.2) is 4.79 Å². The van der Waals surface area contributed by atoms with Crippen molar-refractivity contribution in [1.29, 1.82) is 0 Å². The van der Waals surface area contributed by atoms with Crippen molar-refractivity contribution in [2.45, 2.75) is 46.1 Å². The Morgan fingerprint density at radius 1 is 1.33 bits per heavy atom. The summed E-state index contributed by atoms with van der Waals surface area (Å²) in [5.41, 5.74) is 0.740. The fourth-order valence-corrected chi connectivity index (χ4v) is 1.91. The molecule has 0 aliphatic heterocycles. The zero-order valence-corrected chi connectivity index (χ0v) is 13.0. The molecule has 1 N–H and O–H groups in total. The normalized spacial score (nSPS) is 12.3. The smallest absolute Gasteiger partial charge is 0.328 e. The average molecular weight is 292 g/mol. The number of carboxylic acids is 1. The Morgan fingerprint density at radius 2 is 2.10 bits per heavy atom. The predicted molar refractivity (Wildman–Crippen MR) is 83.9 cm³/mol. The summed E-state index contributed by atoms with van der Waals surface area (Å²) < 4.78 is 11.5. The zero-order chi connectivity index (χ0) is 15.7. The van der Waals surface area contributed by atoms with Crippen molar-refractivity contribution in [2.75, 3.05) is 6.61 Å². The summed E-state index contributed by atoms with van der Waals surface area (Å²) >= 11 is 0. The molecular formula is C17H24O4. The molecule has 1 atom stereocenters. The van der Waals surface area contributed by atoms with Crippen LogP contribution >= 0.6 is 0 Å². The largest absolute Gasteiger partial charge is 0.493 e. The molecule has 1 rings (SSSR count). The summed E-state index contributed by atoms with van der Waals surface area (Å²) in [6.07, 6.45) is 5.64. The number of hydrogen-bond donors (Lipinski definition) is 1. The number of carbonyl (C=O) groups is 1. The first-order valence-corrected chi connectivity index (χ1v) is 7.41. The molecule has 4 nitrogen and oxygen atoms in total. The maximum atomic E-state index is 10.7. The highest BCUT2D eigenvalue weighted by Crippen LogP contribution is 2.28. The van der Waals surface area contributed by atoms with Gasteiger partial charge in [0.2, 0.25) is 0 Å². The first-order chi connectivity index (χ1) is 10.1. The fourth-order valence-electron chi connectivity index (χ4n) is 1.91. The second kappa shape index (κ2) is 9.06. The highest BCUT2D eigenvalue weighted by atomic mass is 16.5. The molecule has 0 spiro atoms. The number of benzene rings is 1. The Hall–Kier alpha value is -1.97. The molecule has 21 heavy (non-hydrogen) atoms. The van der Waals surface area contributed by atoms with E-state index in [9.17, 15) is 4.79 Å². The molecule has 0 saturated heterocycles. The molecule has 0 bridgehead atoms. The summed E-state index contributed by atoms with van der Waals surface area (Å²) in [6.45, 7) is 6.80. The van der Waals surface area contributed by atoms with Crippen LogP contribution in [0, 0.1) is 0 Å². The third kappa shape index (κ3) is 6.34. The molecular weight excluding hydrogens is 268 g/mol. The molecule has 0 radical (unpaired) electrons. The Labute approximate surface area is 126 Å². The molecule has 1 unspecified atom stereocenters. The predicted octanol–water partition coefficient (Wildman–Crippen LogP) is 4.14. The highest BCUT2D eigenvalue weighted by Gasteiger charge is 2.09. The molecule has 0 fully saturated rings. The molecule has 1 aromatic rings. The van der Waals surface area contributed by atoms with Gasteiger partial charge in [-0.3, -0.25) is 0 Å². The lowest BCUT2D eigenvalue weighted by molar-refractivity contribution is -0.131. The van der Waals surface area contributed by atoms with Gasteiger partial charge in [-0.1, -0.05) is 20.3 Å². The second-order valence-corrected chi connectivity index (χ2v) is 4.94. The summed E-state index contributed by atoms with van der Waals surface area (Å²) in [6, 6.07) is 5.47. The third-order valence-electron chi connectivity index (χ3n) is 2.89. The first-order valence-electron chi connectivity index (χ1n) is 7.41. The van der Waals surface area contributed by atoms with Crippen LogP contribution < -0.4 is 9.47 Å². The van der Waals surface area contributed by atoms with Gasteiger partial charge in [-0.2, -0.15) is 0 Å². The molecule has 0 saturated carbocycles. The van der Waals surface area contributed by atoms with Crippen molar-refractivity contribution in [3.8, 4) is 11.5 Å². The van der Waals surface area contributed by atoms with E-state index in [4.69, 9.17) is 14.6 Å². The van der Waals surface area contributed by atoms with Crippen molar-refractivity contribution < 1.29 is 19.4 Å². The van der Waals surface area contributed by atoms with Gasteiger partial charge in [0.15, 0.2) is 0 Å². The van der Waals surface area contributed by atoms with Crippen LogP contribution in [0.4, 0.5) is 0 Å². The zero-order valence-electron chi connectivity index (χ0n) is 13.0. The van der Waals surface area contributed by atoms with Gasteiger partial charge >= 0.3 is 5.97 Å². The van der Waals surface area contributed by atoms with Gasteiger partial charge in [0, 0.05) is 17.7 Å². The van der Waals surface area contributed by atoms with Crippen LogP contribution in [0.15, 0.2) is 24.3 Å². The molecule has 0 amide bonds. The summed E-state index contributed by atoms with van der Waals surface area (Å²) in [5, 5.41) is 8.75. The van der Waals surface area contributed by atoms with E-state index in [2.05, 4.69) is 6.92 Å². The van der Waals surface area contributed by atoms with Crippen molar-refractivity contribution in [2.24, 2.45) is 0 Å². The van der Waals surface area contributed by atoms with Crippen molar-refractivity contribution in [1.82, 2.24) is 0 Å². The number of carboxylic acid groups (broad SMARTS) is 1. The van der Waals surface area contributed by atoms with E-state index in [0.717, 1.165) is 36.7 Å². The van der Waals surface area contributed by atoms with Gasteiger partial charge in [-0.05, 0) is 38.0 Å². The van der Waals surface area contributed by atoms with Gasteiger partial charge in [0.05, 0.1) is 12.7 Å². The number of rotatable bonds is 9. The minimum absolute atomic E-state index is 0.0772. The number of ether oxygens (including phenoxy) is 2. The van der Waals surface area contributed by atoms with E-state index in [1.807, 2.05) is 32.0 Å². The minimum atomic E-state index is -0.978. The lowest BCUT2D eigenvalue weighted by Gasteiger charge is -2.17. The molecule has 0 heterocycles. The van der Waals surface area contributed by atoms with Crippen LogP contribution in [-0.4, -0.2) is 23.8 Å². The Balaban J connectivity index is 2.96. The average Bonchev–Trinajstić information content (AvgIpc) is 2.44. The molecule has 0 aliphatic carbocycles. The summed E-state index contributed by atoms with van der Waals surface area (Å²) in [4.78, 5) is 10.7. The lowest BCUT2D eigenvalue weighted by Crippen LogP contribution is -2.12. The Morgan fingerprint density at radius 3 is 2.71 bits per heavy atom. The maximum absolute atomic E-state index is 10.7. The molecule has 4 heteroatoms. The van der Waals surface area contributed by atoms with Crippen LogP contribution in [-0.2, 0) is 4.79 Å². The van der Waals surface area contributed by atoms with Crippen molar-refractivity contribution >= 4 is 12.0 Å². The van der Waals surface area contributed by atoms with Gasteiger partial charge < -0.3 is 14.6 Å². The highest BCUT2D eigenvalue weighted by molar-refractivity contribution is 5.86. The second-order valence-electron chi connectivity index (χ2n) is 4.94. The lowest BCUT2D eigenvalue weighted by atomic mass is 10.1. The molecule has 1 aromatic carbocycles. The van der Waals surface area contributed by atoms with Crippen LogP contribution in [0.1, 0.15) is 45.6 Å². The number of hydrogen-bond acceptors (Lipinski definition) is 3. The van der Waals surface area contributed by atoms with E-state index in [1.54, 1.807) is 6.08 Å². The summed E-state index contributed by atoms with van der Waals surface area (Å²) in [5.74, 6) is 0.416. The summed E-state index contributed by atoms with van der Waals surface area (Å²) in [7, 11) is 0. The van der Waals surface area contributed by atoms with Crippen LogP contribution in [0.2, 0.25) is 0 Å². The molecule has 0 aromatic heterocycles. The van der Waals surface area contributed by atoms with Crippen molar-refractivity contribution in [3.63, 3.8) is 0 Å². The molecule has 116 valence electrons. The van der Waals surface area contributed by atoms with Gasteiger partial charge in [-0.15, -0.1) is 0 Å². The van der Waals surface area contributed by atoms with E-state index >= 15 is 0 Å². The van der Waals surface area contributed by atoms with Gasteiger partial charge in [0.1, 0.15) is 11.5 Å². The van der Waals surface area contributed by atoms with E-state index in [-0.39, 0.29) is 6.10 Å². The quantitative estimate of drug-likeness (QED) is 0.695. The van der Waals surface area contributed by atoms with E-state index in [0.29, 0.717) is 12.4 Å². The van der Waals surface area contributed by atoms with E-state index < -0.39 is 5.97 Å². The number of aliphatic carboxylic acids is 1. The van der Waals surface area contributed by atoms with Crippen molar-refractivity contribution in [3.05, 3.63) is 29.8 Å². The van der Waals surface area contributed by atoms with Crippen LogP contribution in [0.25, 0.3) is 6.08 Å². The Kier molecular flexibility index (Phi) is 7.37. The SMILES string of the molecule is CCCOc1ccc(/C=C/C(=O)O)c(OC(C)CCC)c1. The van der Waals surface area contributed by atoms with Gasteiger partial charge in [0.25, 0.3) is 0 Å². The first kappa shape index (κ1) is 17.1. The van der Waals surface area contributed by atoms with Crippen LogP contribution in [0.3, 0.4) is 0 Å². The van der Waals surface area contributed by atoms with Crippen LogP contribution in [0.5, 0.6) is 11.5 Å². The monoisotopic (exact) mass is 292 g/mol. The Bertz CT molecular complexity index is 480. The molecule has 0 aliphatic rings. The van der Waals surface area contributed by atoms with E-state index in [1.165, 1.54) is 0 Å². The minimum Gasteiger partial charge on any atom is -0.493 e. The topological polar surface area (TPSA) is 55.8 Å². The fraction of sp³-hybridized carbons (Fsp3) is 0.471. The maximum Gasteiger partial charge on any atom is 0.328 e.